The van der Waals surface area contributed by atoms with E-state index in [1.165, 1.54) is 17.8 Å². The van der Waals surface area contributed by atoms with E-state index >= 15 is 0 Å². The highest BCUT2D eigenvalue weighted by molar-refractivity contribution is 9.11. The fraction of sp³-hybridized carbons (Fsp3) is 0.818. The quantitative estimate of drug-likeness (QED) is 0.592. The highest BCUT2D eigenvalue weighted by atomic mass is 79.9. The molecule has 6 rings (SSSR count). The summed E-state index contributed by atoms with van der Waals surface area (Å²) < 4.78 is 1.59. The molecule has 8 atom stereocenters. The van der Waals surface area contributed by atoms with E-state index in [1.54, 1.807) is 10.9 Å². The van der Waals surface area contributed by atoms with Gasteiger partial charge >= 0.3 is 0 Å². The van der Waals surface area contributed by atoms with Gasteiger partial charge in [-0.15, -0.1) is 0 Å². The molecule has 6 aliphatic carbocycles. The van der Waals surface area contributed by atoms with Gasteiger partial charge in [-0.05, 0) is 58.2 Å². The molecule has 1 heteroatoms. The van der Waals surface area contributed by atoms with E-state index in [-0.39, 0.29) is 0 Å². The molecule has 0 aromatic rings. The lowest BCUT2D eigenvalue weighted by Crippen LogP contribution is -2.69. The molecule has 0 unspecified atom stereocenters. The van der Waals surface area contributed by atoms with Crippen molar-refractivity contribution >= 4 is 15.9 Å². The van der Waals surface area contributed by atoms with Crippen molar-refractivity contribution in [2.75, 3.05) is 0 Å². The Hall–Kier alpha value is 0.220. The predicted octanol–water partition coefficient (Wildman–Crippen LogP) is 2.65. The standard InChI is InChI=1S/C11H11Br/c12-6-2-5-7-3-1-4-9(7)11(5)10(4)8(3)6/h2-5,7-11H,1H2/t3-,4+,5-,7+,8+,9-,10-,11-/m1/s1. The van der Waals surface area contributed by atoms with Gasteiger partial charge in [-0.2, -0.15) is 0 Å². The molecule has 0 radical (unpaired) electrons. The Kier molecular flexibility index (Phi) is 0.669. The van der Waals surface area contributed by atoms with Crippen LogP contribution in [0.5, 0.6) is 0 Å². The van der Waals surface area contributed by atoms with E-state index in [4.69, 9.17) is 0 Å². The Morgan fingerprint density at radius 1 is 1.08 bits per heavy atom. The zero-order valence-electron chi connectivity index (χ0n) is 6.78. The molecular formula is C11H11Br. The van der Waals surface area contributed by atoms with Crippen molar-refractivity contribution in [3.05, 3.63) is 10.6 Å². The Morgan fingerprint density at radius 3 is 2.75 bits per heavy atom. The lowest BCUT2D eigenvalue weighted by molar-refractivity contribution is -0.222. The number of halogens is 1. The van der Waals surface area contributed by atoms with Gasteiger partial charge in [0.25, 0.3) is 0 Å². The minimum atomic E-state index is 1.000. The van der Waals surface area contributed by atoms with Gasteiger partial charge < -0.3 is 0 Å². The molecule has 0 spiro atoms. The van der Waals surface area contributed by atoms with Crippen LogP contribution in [0.4, 0.5) is 0 Å². The number of hydrogen-bond donors (Lipinski definition) is 0. The molecule has 62 valence electrons. The van der Waals surface area contributed by atoms with E-state index in [1.807, 2.05) is 0 Å². The van der Waals surface area contributed by atoms with Crippen LogP contribution in [-0.4, -0.2) is 0 Å². The zero-order chi connectivity index (χ0) is 7.61. The van der Waals surface area contributed by atoms with Crippen molar-refractivity contribution in [1.82, 2.24) is 0 Å². The van der Waals surface area contributed by atoms with Gasteiger partial charge in [0, 0.05) is 0 Å². The fourth-order valence-corrected chi connectivity index (χ4v) is 6.75. The van der Waals surface area contributed by atoms with Crippen LogP contribution in [0, 0.1) is 47.3 Å². The van der Waals surface area contributed by atoms with Gasteiger partial charge in [-0.3, -0.25) is 0 Å². The molecule has 0 N–H and O–H groups in total. The highest BCUT2D eigenvalue weighted by Crippen LogP contribution is 2.85. The first kappa shape index (κ1) is 5.85. The highest BCUT2D eigenvalue weighted by Gasteiger charge is 2.80. The van der Waals surface area contributed by atoms with E-state index in [0.29, 0.717) is 0 Å². The molecule has 0 saturated heterocycles. The van der Waals surface area contributed by atoms with E-state index < -0.39 is 0 Å². The molecule has 0 aliphatic heterocycles. The van der Waals surface area contributed by atoms with Crippen LogP contribution < -0.4 is 0 Å². The summed E-state index contributed by atoms with van der Waals surface area (Å²) in [7, 11) is 0. The van der Waals surface area contributed by atoms with Crippen molar-refractivity contribution in [3.8, 4) is 0 Å². The molecular weight excluding hydrogens is 212 g/mol. The molecule has 0 amide bonds. The lowest BCUT2D eigenvalue weighted by atomic mass is 9.32. The van der Waals surface area contributed by atoms with Crippen LogP contribution >= 0.6 is 15.9 Å². The second-order valence-electron chi connectivity index (χ2n) is 5.53. The number of hydrogen-bond acceptors (Lipinski definition) is 0. The monoisotopic (exact) mass is 222 g/mol. The van der Waals surface area contributed by atoms with Crippen LogP contribution in [0.1, 0.15) is 6.42 Å². The Balaban J connectivity index is 1.87. The van der Waals surface area contributed by atoms with Crippen molar-refractivity contribution in [2.24, 2.45) is 47.3 Å². The Morgan fingerprint density at radius 2 is 2.00 bits per heavy atom. The van der Waals surface area contributed by atoms with Gasteiger partial charge in [-0.25, -0.2) is 0 Å². The van der Waals surface area contributed by atoms with Crippen molar-refractivity contribution in [2.45, 2.75) is 6.42 Å². The van der Waals surface area contributed by atoms with Gasteiger partial charge in [0.2, 0.25) is 0 Å². The second kappa shape index (κ2) is 1.37. The summed E-state index contributed by atoms with van der Waals surface area (Å²) in [5.41, 5.74) is 0. The van der Waals surface area contributed by atoms with Crippen molar-refractivity contribution in [1.29, 1.82) is 0 Å². The maximum Gasteiger partial charge on any atom is -0.00333 e. The Labute approximate surface area is 80.5 Å². The first-order chi connectivity index (χ1) is 5.88. The van der Waals surface area contributed by atoms with E-state index in [9.17, 15) is 0 Å². The summed E-state index contributed by atoms with van der Waals surface area (Å²) in [6, 6.07) is 0. The van der Waals surface area contributed by atoms with Gasteiger partial charge in [0.15, 0.2) is 0 Å². The van der Waals surface area contributed by atoms with Crippen molar-refractivity contribution in [3.63, 3.8) is 0 Å². The molecule has 0 nitrogen and oxygen atoms in total. The molecule has 0 heterocycles. The van der Waals surface area contributed by atoms with Crippen LogP contribution in [0.15, 0.2) is 10.6 Å². The molecule has 6 aliphatic rings. The van der Waals surface area contributed by atoms with Gasteiger partial charge in [0.05, 0.1) is 0 Å². The predicted molar refractivity (Wildman–Crippen MR) is 49.5 cm³/mol. The molecule has 4 saturated carbocycles. The summed E-state index contributed by atoms with van der Waals surface area (Å²) in [6.07, 6.45) is 4.16. The molecule has 4 fully saturated rings. The van der Waals surface area contributed by atoms with Crippen molar-refractivity contribution < 1.29 is 0 Å². The molecule has 0 aromatic carbocycles. The smallest absolute Gasteiger partial charge is 0.00333 e. The summed E-state index contributed by atoms with van der Waals surface area (Å²) in [6.45, 7) is 0. The largest absolute Gasteiger partial charge is 0.0704 e. The summed E-state index contributed by atoms with van der Waals surface area (Å²) in [5, 5.41) is 0. The average Bonchev–Trinajstić information content (AvgIpc) is 2.45. The second-order valence-corrected chi connectivity index (χ2v) is 6.44. The first-order valence-corrected chi connectivity index (χ1v) is 6.04. The van der Waals surface area contributed by atoms with E-state index in [0.717, 1.165) is 29.6 Å². The maximum atomic E-state index is 3.79. The fourth-order valence-electron chi connectivity index (χ4n) is 5.80. The minimum Gasteiger partial charge on any atom is -0.0704 e. The molecule has 4 bridgehead atoms. The van der Waals surface area contributed by atoms with Crippen LogP contribution in [0.2, 0.25) is 0 Å². The number of rotatable bonds is 0. The average molecular weight is 223 g/mol. The SMILES string of the molecule is BrC1=C[C@H]2[C@@H]3[C@@H]4[C@@H]5C[C@@H]([C@@H]1[C@@H]53)[C@@H]24. The first-order valence-electron chi connectivity index (χ1n) is 5.25. The normalized spacial score (nSPS) is 78.6. The zero-order valence-corrected chi connectivity index (χ0v) is 8.37. The summed E-state index contributed by atoms with van der Waals surface area (Å²) in [4.78, 5) is 0. The third kappa shape index (κ3) is 0.319. The summed E-state index contributed by atoms with van der Waals surface area (Å²) in [5.74, 6) is 9.05. The molecule has 0 aromatic heterocycles. The van der Waals surface area contributed by atoms with Gasteiger partial charge in [-0.1, -0.05) is 22.0 Å². The third-order valence-corrected chi connectivity index (χ3v) is 6.59. The van der Waals surface area contributed by atoms with Crippen LogP contribution in [0.3, 0.4) is 0 Å². The Bertz CT molecular complexity index is 330. The summed E-state index contributed by atoms with van der Waals surface area (Å²) >= 11 is 3.79. The lowest BCUT2D eigenvalue weighted by Gasteiger charge is -2.72. The van der Waals surface area contributed by atoms with E-state index in [2.05, 4.69) is 22.0 Å². The topological polar surface area (TPSA) is 0 Å². The maximum absolute atomic E-state index is 3.79. The van der Waals surface area contributed by atoms with Crippen LogP contribution in [0.25, 0.3) is 0 Å². The minimum absolute atomic E-state index is 1.000. The van der Waals surface area contributed by atoms with Gasteiger partial charge in [0.1, 0.15) is 0 Å². The molecule has 12 heavy (non-hydrogen) atoms. The number of allylic oxidation sites excluding steroid dienone is 2. The van der Waals surface area contributed by atoms with Crippen LogP contribution in [-0.2, 0) is 0 Å². The third-order valence-electron chi connectivity index (χ3n) is 5.80.